The van der Waals surface area contributed by atoms with Crippen molar-refractivity contribution in [3.05, 3.63) is 54.4 Å². The van der Waals surface area contributed by atoms with Gasteiger partial charge >= 0.3 is 0 Å². The van der Waals surface area contributed by atoms with Crippen molar-refractivity contribution in [2.75, 3.05) is 25.7 Å². The standard InChI is InChI=1S/C20H19N3O4/c1-25-16-9-15(10-17(11-16)26-2)23-12-14(8-18(23)24)19-21-20(27-22-19)13-6-4-3-5-7-13/h3-7,9-11,14H,8,12H2,1-2H3. The fraction of sp³-hybridized carbons (Fsp3) is 0.250. The van der Waals surface area contributed by atoms with E-state index in [2.05, 4.69) is 10.1 Å². The first kappa shape index (κ1) is 17.1. The van der Waals surface area contributed by atoms with Crippen LogP contribution in [0.5, 0.6) is 11.5 Å². The molecule has 1 atom stereocenters. The number of methoxy groups -OCH3 is 2. The summed E-state index contributed by atoms with van der Waals surface area (Å²) in [5, 5.41) is 4.09. The zero-order chi connectivity index (χ0) is 18.8. The van der Waals surface area contributed by atoms with Gasteiger partial charge in [0.05, 0.1) is 19.9 Å². The van der Waals surface area contributed by atoms with Crippen LogP contribution in [0.1, 0.15) is 18.2 Å². The second-order valence-electron chi connectivity index (χ2n) is 6.30. The first-order valence-electron chi connectivity index (χ1n) is 8.60. The summed E-state index contributed by atoms with van der Waals surface area (Å²) in [5.74, 6) is 2.13. The Balaban J connectivity index is 1.57. The molecule has 0 spiro atoms. The highest BCUT2D eigenvalue weighted by molar-refractivity contribution is 5.96. The number of carbonyl (C=O) groups is 1. The number of carbonyl (C=O) groups excluding carboxylic acids is 1. The van der Waals surface area contributed by atoms with Gasteiger partial charge in [-0.3, -0.25) is 4.79 Å². The van der Waals surface area contributed by atoms with Gasteiger partial charge in [0.2, 0.25) is 5.91 Å². The molecule has 2 heterocycles. The van der Waals surface area contributed by atoms with E-state index in [-0.39, 0.29) is 11.8 Å². The normalized spacial score (nSPS) is 16.6. The summed E-state index contributed by atoms with van der Waals surface area (Å²) in [6, 6.07) is 15.0. The molecular formula is C20H19N3O4. The lowest BCUT2D eigenvalue weighted by molar-refractivity contribution is -0.117. The SMILES string of the molecule is COc1cc(OC)cc(N2CC(c3noc(-c4ccccc4)n3)CC2=O)c1. The number of benzene rings is 2. The van der Waals surface area contributed by atoms with Crippen molar-refractivity contribution >= 4 is 11.6 Å². The Hall–Kier alpha value is -3.35. The second kappa shape index (κ2) is 7.11. The molecule has 0 saturated carbocycles. The van der Waals surface area contributed by atoms with E-state index in [1.165, 1.54) is 0 Å². The number of ether oxygens (including phenoxy) is 2. The van der Waals surface area contributed by atoms with Crippen molar-refractivity contribution < 1.29 is 18.8 Å². The number of aromatic nitrogens is 2. The monoisotopic (exact) mass is 365 g/mol. The summed E-state index contributed by atoms with van der Waals surface area (Å²) in [7, 11) is 3.16. The lowest BCUT2D eigenvalue weighted by atomic mass is 10.1. The number of hydrogen-bond acceptors (Lipinski definition) is 6. The molecule has 27 heavy (non-hydrogen) atoms. The Bertz CT molecular complexity index is 933. The van der Waals surface area contributed by atoms with Gasteiger partial charge < -0.3 is 18.9 Å². The minimum Gasteiger partial charge on any atom is -0.497 e. The molecule has 3 aromatic rings. The van der Waals surface area contributed by atoms with E-state index in [1.807, 2.05) is 42.5 Å². The third-order valence-electron chi connectivity index (χ3n) is 4.60. The Morgan fingerprint density at radius 3 is 2.44 bits per heavy atom. The molecule has 0 bridgehead atoms. The van der Waals surface area contributed by atoms with Crippen LogP contribution in [0.15, 0.2) is 53.1 Å². The van der Waals surface area contributed by atoms with Crippen molar-refractivity contribution in [1.29, 1.82) is 0 Å². The maximum Gasteiger partial charge on any atom is 0.257 e. The third-order valence-corrected chi connectivity index (χ3v) is 4.60. The molecule has 2 aromatic carbocycles. The number of rotatable bonds is 5. The van der Waals surface area contributed by atoms with E-state index in [9.17, 15) is 4.79 Å². The van der Waals surface area contributed by atoms with Crippen LogP contribution in [-0.4, -0.2) is 36.8 Å². The van der Waals surface area contributed by atoms with Gasteiger partial charge in [-0.25, -0.2) is 0 Å². The maximum absolute atomic E-state index is 12.6. The van der Waals surface area contributed by atoms with Gasteiger partial charge in [0.1, 0.15) is 11.5 Å². The van der Waals surface area contributed by atoms with Crippen molar-refractivity contribution in [2.24, 2.45) is 0 Å². The third kappa shape index (κ3) is 3.36. The first-order chi connectivity index (χ1) is 13.2. The largest absolute Gasteiger partial charge is 0.497 e. The van der Waals surface area contributed by atoms with Crippen molar-refractivity contribution in [3.8, 4) is 23.0 Å². The number of anilines is 1. The molecule has 0 N–H and O–H groups in total. The molecule has 1 unspecified atom stereocenters. The topological polar surface area (TPSA) is 77.7 Å². The summed E-state index contributed by atoms with van der Waals surface area (Å²) >= 11 is 0. The summed E-state index contributed by atoms with van der Waals surface area (Å²) in [6.07, 6.45) is 0.327. The Morgan fingerprint density at radius 2 is 1.78 bits per heavy atom. The van der Waals surface area contributed by atoms with Crippen LogP contribution in [0, 0.1) is 0 Å². The Kier molecular flexibility index (Phi) is 4.50. The van der Waals surface area contributed by atoms with Crippen LogP contribution in [0.25, 0.3) is 11.5 Å². The zero-order valence-electron chi connectivity index (χ0n) is 15.1. The second-order valence-corrected chi connectivity index (χ2v) is 6.30. The first-order valence-corrected chi connectivity index (χ1v) is 8.60. The molecule has 1 aliphatic heterocycles. The average Bonchev–Trinajstić information content (AvgIpc) is 3.35. The molecule has 7 nitrogen and oxygen atoms in total. The minimum absolute atomic E-state index is 0.00127. The summed E-state index contributed by atoms with van der Waals surface area (Å²) in [4.78, 5) is 18.8. The molecule has 0 radical (unpaired) electrons. The smallest absolute Gasteiger partial charge is 0.257 e. The van der Waals surface area contributed by atoms with E-state index in [0.29, 0.717) is 36.2 Å². The van der Waals surface area contributed by atoms with Gasteiger partial charge in [-0.05, 0) is 12.1 Å². The van der Waals surface area contributed by atoms with Gasteiger partial charge in [0.25, 0.3) is 5.89 Å². The van der Waals surface area contributed by atoms with E-state index in [1.54, 1.807) is 25.2 Å². The molecule has 1 fully saturated rings. The van der Waals surface area contributed by atoms with Gasteiger partial charge in [0, 0.05) is 42.6 Å². The van der Waals surface area contributed by atoms with Crippen molar-refractivity contribution in [1.82, 2.24) is 10.1 Å². The molecule has 1 aromatic heterocycles. The van der Waals surface area contributed by atoms with E-state index < -0.39 is 0 Å². The number of nitrogens with zero attached hydrogens (tertiary/aromatic N) is 3. The van der Waals surface area contributed by atoms with Crippen LogP contribution >= 0.6 is 0 Å². The zero-order valence-corrected chi connectivity index (χ0v) is 15.1. The van der Waals surface area contributed by atoms with Gasteiger partial charge in [-0.15, -0.1) is 0 Å². The molecule has 138 valence electrons. The lowest BCUT2D eigenvalue weighted by Crippen LogP contribution is -2.24. The minimum atomic E-state index is -0.129. The summed E-state index contributed by atoms with van der Waals surface area (Å²) < 4.78 is 16.0. The molecule has 0 aliphatic carbocycles. The number of amides is 1. The Labute approximate surface area is 156 Å². The average molecular weight is 365 g/mol. The van der Waals surface area contributed by atoms with Gasteiger partial charge in [0.15, 0.2) is 5.82 Å². The fourth-order valence-corrected chi connectivity index (χ4v) is 3.18. The number of hydrogen-bond donors (Lipinski definition) is 0. The highest BCUT2D eigenvalue weighted by Crippen LogP contribution is 2.35. The molecule has 7 heteroatoms. The summed E-state index contributed by atoms with van der Waals surface area (Å²) in [6.45, 7) is 0.475. The van der Waals surface area contributed by atoms with Crippen LogP contribution in [0.4, 0.5) is 5.69 Å². The predicted octanol–water partition coefficient (Wildman–Crippen LogP) is 3.27. The summed E-state index contributed by atoms with van der Waals surface area (Å²) in [5.41, 5.74) is 1.58. The molecule has 4 rings (SSSR count). The quantitative estimate of drug-likeness (QED) is 0.691. The van der Waals surface area contributed by atoms with E-state index >= 15 is 0 Å². The van der Waals surface area contributed by atoms with E-state index in [0.717, 1.165) is 11.3 Å². The fourth-order valence-electron chi connectivity index (χ4n) is 3.18. The molecule has 1 aliphatic rings. The van der Waals surface area contributed by atoms with Gasteiger partial charge in [-0.1, -0.05) is 23.4 Å². The Morgan fingerprint density at radius 1 is 1.07 bits per heavy atom. The highest BCUT2D eigenvalue weighted by atomic mass is 16.5. The van der Waals surface area contributed by atoms with Gasteiger partial charge in [-0.2, -0.15) is 4.98 Å². The van der Waals surface area contributed by atoms with Crippen LogP contribution in [0.3, 0.4) is 0 Å². The maximum atomic E-state index is 12.6. The molecule has 1 amide bonds. The van der Waals surface area contributed by atoms with Crippen LogP contribution in [-0.2, 0) is 4.79 Å². The van der Waals surface area contributed by atoms with Crippen LogP contribution < -0.4 is 14.4 Å². The van der Waals surface area contributed by atoms with Crippen molar-refractivity contribution in [3.63, 3.8) is 0 Å². The van der Waals surface area contributed by atoms with Crippen molar-refractivity contribution in [2.45, 2.75) is 12.3 Å². The highest BCUT2D eigenvalue weighted by Gasteiger charge is 2.35. The molecule has 1 saturated heterocycles. The van der Waals surface area contributed by atoms with E-state index in [4.69, 9.17) is 14.0 Å². The predicted molar refractivity (Wildman–Crippen MR) is 99.0 cm³/mol. The van der Waals surface area contributed by atoms with Crippen LogP contribution in [0.2, 0.25) is 0 Å². The molecular weight excluding hydrogens is 346 g/mol. The lowest BCUT2D eigenvalue weighted by Gasteiger charge is -2.18.